The van der Waals surface area contributed by atoms with Crippen LogP contribution in [0.5, 0.6) is 11.5 Å². The molecule has 2 heterocycles. The summed E-state index contributed by atoms with van der Waals surface area (Å²) in [5.74, 6) is 1.06. The number of β-amino-alcohol motifs (C(OH)–C–C–N with tert-alkyl or cyclic N) is 1. The molecule has 2 aromatic carbocycles. The van der Waals surface area contributed by atoms with E-state index in [2.05, 4.69) is 10.2 Å². The number of amides is 4. The highest BCUT2D eigenvalue weighted by molar-refractivity contribution is 6.01. The third-order valence-corrected chi connectivity index (χ3v) is 6.70. The molecular weight excluding hydrogens is 488 g/mol. The Hall–Kier alpha value is -3.63. The van der Waals surface area contributed by atoms with Gasteiger partial charge in [-0.15, -0.1) is 0 Å². The zero-order chi connectivity index (χ0) is 27.1. The fraction of sp³-hybridized carbons (Fsp3) is 0.464. The predicted octanol–water partition coefficient (Wildman–Crippen LogP) is 1.79. The highest BCUT2D eigenvalue weighted by Crippen LogP contribution is 2.21. The molecule has 10 nitrogen and oxygen atoms in total. The molecule has 4 amide bonds. The number of nitrogens with one attached hydrogen (secondary N) is 1. The molecule has 0 aromatic heterocycles. The zero-order valence-corrected chi connectivity index (χ0v) is 22.0. The monoisotopic (exact) mass is 524 g/mol. The quantitative estimate of drug-likeness (QED) is 0.360. The number of aryl methyl sites for hydroxylation is 1. The highest BCUT2D eigenvalue weighted by Gasteiger charge is 2.37. The number of ether oxygens (including phenoxy) is 2. The topological polar surface area (TPSA) is 112 Å². The Labute approximate surface area is 223 Å². The summed E-state index contributed by atoms with van der Waals surface area (Å²) in [5.41, 5.74) is 0.972. The normalized spacial score (nSPS) is 20.3. The van der Waals surface area contributed by atoms with E-state index in [1.807, 2.05) is 55.5 Å². The largest absolute Gasteiger partial charge is 0.494 e. The van der Waals surface area contributed by atoms with Crippen molar-refractivity contribution >= 4 is 17.8 Å². The molecule has 0 unspecified atom stereocenters. The predicted molar refractivity (Wildman–Crippen MR) is 141 cm³/mol. The molecule has 2 N–H and O–H groups in total. The van der Waals surface area contributed by atoms with Crippen LogP contribution in [0.15, 0.2) is 48.5 Å². The van der Waals surface area contributed by atoms with Gasteiger partial charge in [-0.25, -0.2) is 4.79 Å². The lowest BCUT2D eigenvalue weighted by molar-refractivity contribution is -0.132. The summed E-state index contributed by atoms with van der Waals surface area (Å²) in [6.45, 7) is 6.95. The van der Waals surface area contributed by atoms with Gasteiger partial charge in [-0.1, -0.05) is 29.8 Å². The van der Waals surface area contributed by atoms with Crippen LogP contribution in [-0.2, 0) is 16.1 Å². The smallest absolute Gasteiger partial charge is 0.324 e. The third kappa shape index (κ3) is 7.69. The van der Waals surface area contributed by atoms with Crippen molar-refractivity contribution in [3.63, 3.8) is 0 Å². The molecule has 2 aliphatic heterocycles. The van der Waals surface area contributed by atoms with Crippen molar-refractivity contribution in [3.8, 4) is 11.5 Å². The Kier molecular flexibility index (Phi) is 8.85. The zero-order valence-electron chi connectivity index (χ0n) is 22.0. The van der Waals surface area contributed by atoms with Crippen molar-refractivity contribution in [3.05, 3.63) is 59.7 Å². The summed E-state index contributed by atoms with van der Waals surface area (Å²) in [5, 5.41) is 13.7. The van der Waals surface area contributed by atoms with E-state index in [0.717, 1.165) is 16.9 Å². The molecule has 2 fully saturated rings. The van der Waals surface area contributed by atoms with Gasteiger partial charge in [-0.2, -0.15) is 0 Å². The number of hydrogen-bond acceptors (Lipinski definition) is 7. The van der Waals surface area contributed by atoms with E-state index in [-0.39, 0.29) is 37.5 Å². The first kappa shape index (κ1) is 27.4. The van der Waals surface area contributed by atoms with Gasteiger partial charge < -0.3 is 24.4 Å². The SMILES string of the molecule is CC(=O)N1CCN(Cc2ccc(OCCCN3CC(=O)NC3=O)cc2)C[C@](O)(COc2ccc(C)cc2)C1. The van der Waals surface area contributed by atoms with Crippen LogP contribution in [0.4, 0.5) is 4.79 Å². The summed E-state index contributed by atoms with van der Waals surface area (Å²) in [6, 6.07) is 15.1. The van der Waals surface area contributed by atoms with Gasteiger partial charge in [0.25, 0.3) is 0 Å². The van der Waals surface area contributed by atoms with Crippen LogP contribution in [0.25, 0.3) is 0 Å². The maximum absolute atomic E-state index is 12.2. The van der Waals surface area contributed by atoms with Crippen molar-refractivity contribution < 1.29 is 29.0 Å². The van der Waals surface area contributed by atoms with Crippen LogP contribution in [-0.4, -0.2) is 95.7 Å². The van der Waals surface area contributed by atoms with Gasteiger partial charge in [0.15, 0.2) is 0 Å². The second kappa shape index (κ2) is 12.3. The molecule has 38 heavy (non-hydrogen) atoms. The number of hydrogen-bond donors (Lipinski definition) is 2. The fourth-order valence-electron chi connectivity index (χ4n) is 4.65. The lowest BCUT2D eigenvalue weighted by Gasteiger charge is -2.32. The van der Waals surface area contributed by atoms with E-state index >= 15 is 0 Å². The van der Waals surface area contributed by atoms with E-state index in [4.69, 9.17) is 9.47 Å². The summed E-state index contributed by atoms with van der Waals surface area (Å²) in [4.78, 5) is 40.3. The summed E-state index contributed by atoms with van der Waals surface area (Å²) >= 11 is 0. The number of nitrogens with zero attached hydrogens (tertiary/aromatic N) is 3. The first-order chi connectivity index (χ1) is 18.2. The molecular formula is C28H36N4O6. The molecule has 0 radical (unpaired) electrons. The number of carbonyl (C=O) groups is 3. The van der Waals surface area contributed by atoms with Gasteiger partial charge in [-0.05, 0) is 43.2 Å². The molecule has 204 valence electrons. The minimum atomic E-state index is -1.22. The Morgan fingerprint density at radius 1 is 1.00 bits per heavy atom. The number of urea groups is 1. The second-order valence-corrected chi connectivity index (χ2v) is 10.1. The van der Waals surface area contributed by atoms with Gasteiger partial charge in [0.1, 0.15) is 30.3 Å². The molecule has 2 aliphatic rings. The van der Waals surface area contributed by atoms with E-state index in [1.165, 1.54) is 11.8 Å². The number of benzene rings is 2. The fourth-order valence-corrected chi connectivity index (χ4v) is 4.65. The molecule has 4 rings (SSSR count). The molecule has 0 saturated carbocycles. The van der Waals surface area contributed by atoms with E-state index in [9.17, 15) is 19.5 Å². The molecule has 0 bridgehead atoms. The third-order valence-electron chi connectivity index (χ3n) is 6.70. The molecule has 0 spiro atoms. The minimum Gasteiger partial charge on any atom is -0.494 e. The van der Waals surface area contributed by atoms with Crippen molar-refractivity contribution in [1.29, 1.82) is 0 Å². The van der Waals surface area contributed by atoms with Gasteiger partial charge in [0.05, 0.1) is 13.2 Å². The van der Waals surface area contributed by atoms with Crippen molar-refractivity contribution in [2.24, 2.45) is 0 Å². The van der Waals surface area contributed by atoms with Crippen LogP contribution >= 0.6 is 0 Å². The van der Waals surface area contributed by atoms with Crippen LogP contribution in [0, 0.1) is 6.92 Å². The minimum absolute atomic E-state index is 0.0703. The first-order valence-electron chi connectivity index (χ1n) is 12.9. The maximum atomic E-state index is 12.2. The van der Waals surface area contributed by atoms with Crippen molar-refractivity contribution in [1.82, 2.24) is 20.0 Å². The van der Waals surface area contributed by atoms with E-state index in [1.54, 1.807) is 4.90 Å². The van der Waals surface area contributed by atoms with Crippen LogP contribution in [0.1, 0.15) is 24.5 Å². The average Bonchev–Trinajstić information content (AvgIpc) is 3.10. The maximum Gasteiger partial charge on any atom is 0.324 e. The van der Waals surface area contributed by atoms with Gasteiger partial charge in [0, 0.05) is 39.6 Å². The van der Waals surface area contributed by atoms with Gasteiger partial charge >= 0.3 is 6.03 Å². The van der Waals surface area contributed by atoms with Crippen LogP contribution in [0.2, 0.25) is 0 Å². The molecule has 10 heteroatoms. The standard InChI is InChI=1S/C28H36N4O6/c1-21-4-8-25(9-5-21)38-20-28(36)18-30(13-14-32(19-28)22(2)33)16-23-6-10-24(11-7-23)37-15-3-12-31-17-26(34)29-27(31)35/h4-11,36H,3,12-20H2,1-2H3,(H,29,34,35)/t28-/m1/s1. The molecule has 2 aromatic rings. The second-order valence-electron chi connectivity index (χ2n) is 10.1. The Morgan fingerprint density at radius 2 is 1.68 bits per heavy atom. The average molecular weight is 525 g/mol. The summed E-state index contributed by atoms with van der Waals surface area (Å²) in [6.07, 6.45) is 0.617. The Bertz CT molecular complexity index is 1120. The Morgan fingerprint density at radius 3 is 2.34 bits per heavy atom. The number of aliphatic hydroxyl groups is 1. The number of carbonyl (C=O) groups excluding carboxylic acids is 3. The van der Waals surface area contributed by atoms with Gasteiger partial charge in [0.2, 0.25) is 11.8 Å². The highest BCUT2D eigenvalue weighted by atomic mass is 16.5. The summed E-state index contributed by atoms with van der Waals surface area (Å²) in [7, 11) is 0. The lowest BCUT2D eigenvalue weighted by atomic mass is 10.0. The number of rotatable bonds is 10. The molecule has 2 saturated heterocycles. The first-order valence-corrected chi connectivity index (χ1v) is 12.9. The lowest BCUT2D eigenvalue weighted by Crippen LogP contribution is -2.51. The van der Waals surface area contributed by atoms with E-state index < -0.39 is 5.60 Å². The van der Waals surface area contributed by atoms with E-state index in [0.29, 0.717) is 51.5 Å². The Balaban J connectivity index is 1.30. The van der Waals surface area contributed by atoms with Crippen molar-refractivity contribution in [2.45, 2.75) is 32.4 Å². The van der Waals surface area contributed by atoms with Gasteiger partial charge in [-0.3, -0.25) is 19.8 Å². The van der Waals surface area contributed by atoms with Crippen LogP contribution in [0.3, 0.4) is 0 Å². The van der Waals surface area contributed by atoms with Crippen molar-refractivity contribution in [2.75, 3.05) is 52.5 Å². The molecule has 0 aliphatic carbocycles. The molecule has 1 atom stereocenters. The van der Waals surface area contributed by atoms with Crippen LogP contribution < -0.4 is 14.8 Å². The number of imide groups is 1. The summed E-state index contributed by atoms with van der Waals surface area (Å²) < 4.78 is 11.7.